The molecule has 5 nitrogen and oxygen atoms in total. The Morgan fingerprint density at radius 1 is 1.59 bits per heavy atom. The van der Waals surface area contributed by atoms with Crippen LogP contribution in [0.3, 0.4) is 0 Å². The van der Waals surface area contributed by atoms with E-state index in [9.17, 15) is 13.6 Å². The predicted molar refractivity (Wildman–Crippen MR) is 80.8 cm³/mol. The number of amides is 1. The minimum atomic E-state index is -2.83. The van der Waals surface area contributed by atoms with Crippen molar-refractivity contribution in [2.45, 2.75) is 25.3 Å². The van der Waals surface area contributed by atoms with Crippen LogP contribution in [0.1, 0.15) is 13.3 Å². The third kappa shape index (κ3) is 3.17. The van der Waals surface area contributed by atoms with Crippen molar-refractivity contribution in [3.05, 3.63) is 18.2 Å². The average molecular weight is 327 g/mol. The van der Waals surface area contributed by atoms with Crippen molar-refractivity contribution >= 4 is 32.6 Å². The number of nitrogens with one attached hydrogen (secondary N) is 2. The molecule has 0 spiro atoms. The molecule has 0 bridgehead atoms. The van der Waals surface area contributed by atoms with Gasteiger partial charge in [-0.2, -0.15) is 0 Å². The molecule has 3 rings (SSSR count). The van der Waals surface area contributed by atoms with E-state index in [4.69, 9.17) is 4.74 Å². The van der Waals surface area contributed by atoms with Crippen molar-refractivity contribution in [2.75, 3.05) is 18.5 Å². The fourth-order valence-corrected chi connectivity index (χ4v) is 3.21. The van der Waals surface area contributed by atoms with Gasteiger partial charge in [0.2, 0.25) is 5.91 Å². The number of carbonyl (C=O) groups is 1. The van der Waals surface area contributed by atoms with Crippen molar-refractivity contribution in [2.24, 2.45) is 0 Å². The summed E-state index contributed by atoms with van der Waals surface area (Å²) in [6.45, 7) is 1.99. The highest BCUT2D eigenvalue weighted by atomic mass is 32.1. The molecule has 0 saturated carbocycles. The van der Waals surface area contributed by atoms with Crippen LogP contribution >= 0.6 is 11.3 Å². The normalized spacial score (nSPS) is 20.2. The number of halogens is 2. The molecule has 2 N–H and O–H groups in total. The Kier molecular flexibility index (Phi) is 3.96. The highest BCUT2D eigenvalue weighted by molar-refractivity contribution is 7.22. The van der Waals surface area contributed by atoms with E-state index < -0.39 is 30.8 Å². The Hall–Kier alpha value is -1.80. The van der Waals surface area contributed by atoms with Crippen molar-refractivity contribution < 1.29 is 18.3 Å². The standard InChI is InChI=1S/C14H15F2N3O2S/c1-2-21-8-3-4-9-11(5-8)22-13(18-9)19-12(20)10-6-14(15,16)7-17-10/h3-5,10,17H,2,6-7H2,1H3,(H,18,19,20). The number of hydrogen-bond acceptors (Lipinski definition) is 5. The molecule has 22 heavy (non-hydrogen) atoms. The molecular weight excluding hydrogens is 312 g/mol. The molecule has 1 saturated heterocycles. The van der Waals surface area contributed by atoms with Gasteiger partial charge >= 0.3 is 0 Å². The first-order valence-corrected chi connectivity index (χ1v) is 7.74. The van der Waals surface area contributed by atoms with Gasteiger partial charge < -0.3 is 10.1 Å². The van der Waals surface area contributed by atoms with Crippen LogP contribution in [0.25, 0.3) is 10.2 Å². The molecule has 0 radical (unpaired) electrons. The summed E-state index contributed by atoms with van der Waals surface area (Å²) in [5.74, 6) is -2.59. The summed E-state index contributed by atoms with van der Waals surface area (Å²) in [6.07, 6.45) is -0.488. The molecule has 1 aliphatic rings. The summed E-state index contributed by atoms with van der Waals surface area (Å²) in [7, 11) is 0. The fourth-order valence-electron chi connectivity index (χ4n) is 2.31. The van der Waals surface area contributed by atoms with E-state index in [2.05, 4.69) is 15.6 Å². The van der Waals surface area contributed by atoms with E-state index in [1.54, 1.807) is 12.1 Å². The van der Waals surface area contributed by atoms with E-state index in [0.29, 0.717) is 11.7 Å². The monoisotopic (exact) mass is 327 g/mol. The molecule has 2 aromatic rings. The van der Waals surface area contributed by atoms with Crippen molar-refractivity contribution in [1.29, 1.82) is 0 Å². The van der Waals surface area contributed by atoms with Crippen LogP contribution in [-0.2, 0) is 4.79 Å². The molecule has 2 heterocycles. The second kappa shape index (κ2) is 5.77. The Bertz CT molecular complexity index is 704. The Morgan fingerprint density at radius 2 is 2.41 bits per heavy atom. The lowest BCUT2D eigenvalue weighted by molar-refractivity contribution is -0.118. The van der Waals surface area contributed by atoms with Gasteiger partial charge in [-0.05, 0) is 25.1 Å². The van der Waals surface area contributed by atoms with Crippen molar-refractivity contribution in [1.82, 2.24) is 10.3 Å². The van der Waals surface area contributed by atoms with E-state index in [1.165, 1.54) is 11.3 Å². The molecule has 0 aliphatic carbocycles. The van der Waals surface area contributed by atoms with Gasteiger partial charge in [-0.25, -0.2) is 13.8 Å². The molecule has 118 valence electrons. The van der Waals surface area contributed by atoms with Crippen molar-refractivity contribution in [3.8, 4) is 5.75 Å². The Morgan fingerprint density at radius 3 is 3.09 bits per heavy atom. The summed E-state index contributed by atoms with van der Waals surface area (Å²) in [5, 5.41) is 5.51. The van der Waals surface area contributed by atoms with Gasteiger partial charge in [0.15, 0.2) is 5.13 Å². The minimum absolute atomic E-state index is 0.394. The molecule has 1 atom stereocenters. The first-order chi connectivity index (χ1) is 10.5. The van der Waals surface area contributed by atoms with Gasteiger partial charge in [-0.15, -0.1) is 0 Å². The average Bonchev–Trinajstić information content (AvgIpc) is 3.01. The number of fused-ring (bicyclic) bond motifs is 1. The summed E-state index contributed by atoms with van der Waals surface area (Å²) in [5.41, 5.74) is 0.730. The van der Waals surface area contributed by atoms with Gasteiger partial charge in [0.05, 0.1) is 29.4 Å². The molecule has 1 fully saturated rings. The number of thiazole rings is 1. The maximum absolute atomic E-state index is 13.1. The molecule has 1 aliphatic heterocycles. The SMILES string of the molecule is CCOc1ccc2nc(NC(=O)C3CC(F)(F)CN3)sc2c1. The van der Waals surface area contributed by atoms with Gasteiger partial charge in [-0.3, -0.25) is 10.1 Å². The number of anilines is 1. The maximum Gasteiger partial charge on any atom is 0.262 e. The number of benzene rings is 1. The second-order valence-electron chi connectivity index (χ2n) is 5.06. The highest BCUT2D eigenvalue weighted by Crippen LogP contribution is 2.30. The number of aromatic nitrogens is 1. The zero-order valence-electron chi connectivity index (χ0n) is 11.9. The van der Waals surface area contributed by atoms with Crippen LogP contribution in [0.4, 0.5) is 13.9 Å². The van der Waals surface area contributed by atoms with E-state index in [1.807, 2.05) is 13.0 Å². The first-order valence-electron chi connectivity index (χ1n) is 6.92. The van der Waals surface area contributed by atoms with E-state index >= 15 is 0 Å². The van der Waals surface area contributed by atoms with Gasteiger partial charge in [0.1, 0.15) is 5.75 Å². The number of hydrogen-bond donors (Lipinski definition) is 2. The molecule has 8 heteroatoms. The van der Waals surface area contributed by atoms with Crippen LogP contribution in [0.15, 0.2) is 18.2 Å². The summed E-state index contributed by atoms with van der Waals surface area (Å²) < 4.78 is 32.5. The minimum Gasteiger partial charge on any atom is -0.494 e. The molecular formula is C14H15F2N3O2S. The van der Waals surface area contributed by atoms with Gasteiger partial charge in [0.25, 0.3) is 5.92 Å². The number of alkyl halides is 2. The van der Waals surface area contributed by atoms with Crippen molar-refractivity contribution in [3.63, 3.8) is 0 Å². The number of nitrogens with zero attached hydrogens (tertiary/aromatic N) is 1. The third-order valence-electron chi connectivity index (χ3n) is 3.33. The number of carbonyl (C=O) groups excluding carboxylic acids is 1. The van der Waals surface area contributed by atoms with Crippen LogP contribution in [0.2, 0.25) is 0 Å². The van der Waals surface area contributed by atoms with Gasteiger partial charge in [0, 0.05) is 6.42 Å². The molecule has 1 amide bonds. The van der Waals surface area contributed by atoms with E-state index in [0.717, 1.165) is 16.0 Å². The summed E-state index contributed by atoms with van der Waals surface area (Å²) in [6, 6.07) is 4.56. The van der Waals surface area contributed by atoms with E-state index in [-0.39, 0.29) is 0 Å². The Balaban J connectivity index is 1.72. The molecule has 1 unspecified atom stereocenters. The van der Waals surface area contributed by atoms with Crippen LogP contribution in [-0.4, -0.2) is 36.0 Å². The lowest BCUT2D eigenvalue weighted by atomic mass is 10.2. The first kappa shape index (κ1) is 15.1. The smallest absolute Gasteiger partial charge is 0.262 e. The topological polar surface area (TPSA) is 63.2 Å². The second-order valence-corrected chi connectivity index (χ2v) is 6.10. The predicted octanol–water partition coefficient (Wildman–Crippen LogP) is 2.63. The summed E-state index contributed by atoms with van der Waals surface area (Å²) in [4.78, 5) is 16.3. The number of rotatable bonds is 4. The highest BCUT2D eigenvalue weighted by Gasteiger charge is 2.42. The van der Waals surface area contributed by atoms with Crippen LogP contribution in [0.5, 0.6) is 5.75 Å². The van der Waals surface area contributed by atoms with Crippen LogP contribution < -0.4 is 15.4 Å². The lowest BCUT2D eigenvalue weighted by Crippen LogP contribution is -2.35. The third-order valence-corrected chi connectivity index (χ3v) is 4.26. The van der Waals surface area contributed by atoms with Gasteiger partial charge in [-0.1, -0.05) is 11.3 Å². The molecule has 1 aromatic carbocycles. The number of ether oxygens (including phenoxy) is 1. The quantitative estimate of drug-likeness (QED) is 0.906. The lowest BCUT2D eigenvalue weighted by Gasteiger charge is -2.08. The zero-order chi connectivity index (χ0) is 15.7. The fraction of sp³-hybridized carbons (Fsp3) is 0.429. The Labute approximate surface area is 129 Å². The largest absolute Gasteiger partial charge is 0.494 e. The molecule has 1 aromatic heterocycles. The zero-order valence-corrected chi connectivity index (χ0v) is 12.7. The van der Waals surface area contributed by atoms with Crippen LogP contribution in [0, 0.1) is 0 Å². The summed E-state index contributed by atoms with van der Waals surface area (Å²) >= 11 is 1.29. The maximum atomic E-state index is 13.1.